The fourth-order valence-corrected chi connectivity index (χ4v) is 2.04. The molecule has 0 radical (unpaired) electrons. The molecule has 1 N–H and O–H groups in total. The molecule has 0 saturated heterocycles. The molecule has 4 heteroatoms. The van der Waals surface area contributed by atoms with Gasteiger partial charge in [0.2, 0.25) is 0 Å². The second-order valence-electron chi connectivity index (χ2n) is 4.09. The number of halogens is 1. The third-order valence-corrected chi connectivity index (χ3v) is 3.08. The molecular weight excluding hydrogens is 264 g/mol. The topological polar surface area (TPSA) is 42.6 Å². The zero-order valence-electron chi connectivity index (χ0n) is 10.6. The Kier molecular flexibility index (Phi) is 4.30. The standard InChI is InChI=1S/C15H15ClO3/c1-3-4-12(17)15-8-7-13(19-15)10-5-6-14(18-2)11(16)9-10/h3,5-9,12,17H,1,4H2,2H3/t12-/m1/s1. The van der Waals surface area contributed by atoms with E-state index in [1.54, 1.807) is 37.5 Å². The minimum absolute atomic E-state index is 0.455. The number of furan rings is 1. The van der Waals surface area contributed by atoms with Crippen LogP contribution in [0.25, 0.3) is 11.3 Å². The third-order valence-electron chi connectivity index (χ3n) is 2.78. The van der Waals surface area contributed by atoms with Crippen LogP contribution in [0.1, 0.15) is 18.3 Å². The van der Waals surface area contributed by atoms with Crippen molar-refractivity contribution in [3.05, 3.63) is 53.8 Å². The molecule has 0 bridgehead atoms. The van der Waals surface area contributed by atoms with Crippen molar-refractivity contribution in [2.75, 3.05) is 7.11 Å². The molecule has 1 heterocycles. The first kappa shape index (κ1) is 13.7. The van der Waals surface area contributed by atoms with Crippen LogP contribution in [0.3, 0.4) is 0 Å². The fraction of sp³-hybridized carbons (Fsp3) is 0.200. The van der Waals surface area contributed by atoms with Crippen molar-refractivity contribution in [2.24, 2.45) is 0 Å². The molecule has 1 atom stereocenters. The molecule has 1 aromatic carbocycles. The van der Waals surface area contributed by atoms with Crippen molar-refractivity contribution in [1.82, 2.24) is 0 Å². The highest BCUT2D eigenvalue weighted by atomic mass is 35.5. The van der Waals surface area contributed by atoms with Gasteiger partial charge in [-0.2, -0.15) is 0 Å². The van der Waals surface area contributed by atoms with E-state index in [0.717, 1.165) is 5.56 Å². The second kappa shape index (κ2) is 5.95. The molecule has 0 aliphatic heterocycles. The van der Waals surface area contributed by atoms with E-state index in [2.05, 4.69) is 6.58 Å². The summed E-state index contributed by atoms with van der Waals surface area (Å²) in [4.78, 5) is 0. The molecule has 0 saturated carbocycles. The van der Waals surface area contributed by atoms with Gasteiger partial charge in [-0.1, -0.05) is 17.7 Å². The lowest BCUT2D eigenvalue weighted by atomic mass is 10.1. The maximum absolute atomic E-state index is 9.81. The Hall–Kier alpha value is -1.71. The number of hydrogen-bond donors (Lipinski definition) is 1. The zero-order chi connectivity index (χ0) is 13.8. The molecule has 1 aromatic heterocycles. The van der Waals surface area contributed by atoms with Gasteiger partial charge in [0.15, 0.2) is 0 Å². The summed E-state index contributed by atoms with van der Waals surface area (Å²) in [6.45, 7) is 3.59. The minimum Gasteiger partial charge on any atom is -0.495 e. The quantitative estimate of drug-likeness (QED) is 0.833. The van der Waals surface area contributed by atoms with Crippen LogP contribution in [0.4, 0.5) is 0 Å². The van der Waals surface area contributed by atoms with E-state index in [4.69, 9.17) is 20.8 Å². The van der Waals surface area contributed by atoms with Gasteiger partial charge in [-0.3, -0.25) is 0 Å². The second-order valence-corrected chi connectivity index (χ2v) is 4.50. The number of hydrogen-bond acceptors (Lipinski definition) is 3. The van der Waals surface area contributed by atoms with Gasteiger partial charge in [0.05, 0.1) is 12.1 Å². The number of ether oxygens (including phenoxy) is 1. The largest absolute Gasteiger partial charge is 0.495 e. The molecule has 0 aliphatic rings. The van der Waals surface area contributed by atoms with Crippen LogP contribution >= 0.6 is 11.6 Å². The maximum atomic E-state index is 9.81. The molecule has 2 aromatic rings. The van der Waals surface area contributed by atoms with E-state index in [1.165, 1.54) is 0 Å². The Morgan fingerprint density at radius 3 is 2.84 bits per heavy atom. The Morgan fingerprint density at radius 2 is 2.21 bits per heavy atom. The molecule has 0 fully saturated rings. The average molecular weight is 279 g/mol. The summed E-state index contributed by atoms with van der Waals surface area (Å²) in [6.07, 6.45) is 1.44. The lowest BCUT2D eigenvalue weighted by Crippen LogP contribution is -1.92. The molecule has 3 nitrogen and oxygen atoms in total. The van der Waals surface area contributed by atoms with Crippen LogP contribution < -0.4 is 4.74 Å². The van der Waals surface area contributed by atoms with Crippen molar-refractivity contribution in [3.8, 4) is 17.1 Å². The van der Waals surface area contributed by atoms with Crippen molar-refractivity contribution in [2.45, 2.75) is 12.5 Å². The Balaban J connectivity index is 2.27. The van der Waals surface area contributed by atoms with Crippen LogP contribution in [-0.4, -0.2) is 12.2 Å². The summed E-state index contributed by atoms with van der Waals surface area (Å²) < 4.78 is 10.7. The molecule has 19 heavy (non-hydrogen) atoms. The Morgan fingerprint density at radius 1 is 1.42 bits per heavy atom. The summed E-state index contributed by atoms with van der Waals surface area (Å²) in [5, 5.41) is 10.3. The molecular formula is C15H15ClO3. The summed E-state index contributed by atoms with van der Waals surface area (Å²) >= 11 is 6.07. The van der Waals surface area contributed by atoms with Gasteiger partial charge in [-0.25, -0.2) is 0 Å². The van der Waals surface area contributed by atoms with E-state index in [-0.39, 0.29) is 0 Å². The van der Waals surface area contributed by atoms with Crippen molar-refractivity contribution in [1.29, 1.82) is 0 Å². The lowest BCUT2D eigenvalue weighted by Gasteiger charge is -2.05. The number of methoxy groups -OCH3 is 1. The van der Waals surface area contributed by atoms with Crippen LogP contribution in [-0.2, 0) is 0 Å². The highest BCUT2D eigenvalue weighted by molar-refractivity contribution is 6.32. The first-order chi connectivity index (χ1) is 9.15. The van der Waals surface area contributed by atoms with Crippen LogP contribution in [0.5, 0.6) is 5.75 Å². The maximum Gasteiger partial charge on any atom is 0.137 e. The van der Waals surface area contributed by atoms with Gasteiger partial charge in [0.25, 0.3) is 0 Å². The summed E-state index contributed by atoms with van der Waals surface area (Å²) in [6, 6.07) is 8.96. The first-order valence-corrected chi connectivity index (χ1v) is 6.26. The fourth-order valence-electron chi connectivity index (χ4n) is 1.78. The predicted octanol–water partition coefficient (Wildman–Crippen LogP) is 4.22. The van der Waals surface area contributed by atoms with Crippen molar-refractivity contribution < 1.29 is 14.3 Å². The van der Waals surface area contributed by atoms with E-state index in [9.17, 15) is 5.11 Å². The van der Waals surface area contributed by atoms with Gasteiger partial charge in [-0.15, -0.1) is 6.58 Å². The van der Waals surface area contributed by atoms with Crippen LogP contribution in [0.2, 0.25) is 5.02 Å². The minimum atomic E-state index is -0.667. The van der Waals surface area contributed by atoms with Crippen LogP contribution in [0.15, 0.2) is 47.4 Å². The van der Waals surface area contributed by atoms with Crippen molar-refractivity contribution >= 4 is 11.6 Å². The number of benzene rings is 1. The molecule has 0 aliphatic carbocycles. The number of aliphatic hydroxyl groups is 1. The summed E-state index contributed by atoms with van der Waals surface area (Å²) in [5.41, 5.74) is 0.836. The van der Waals surface area contributed by atoms with Crippen LogP contribution in [0, 0.1) is 0 Å². The highest BCUT2D eigenvalue weighted by Gasteiger charge is 2.12. The van der Waals surface area contributed by atoms with Gasteiger partial charge in [0, 0.05) is 5.56 Å². The third kappa shape index (κ3) is 3.00. The predicted molar refractivity (Wildman–Crippen MR) is 75.5 cm³/mol. The van der Waals surface area contributed by atoms with E-state index < -0.39 is 6.10 Å². The molecule has 0 amide bonds. The smallest absolute Gasteiger partial charge is 0.137 e. The lowest BCUT2D eigenvalue weighted by molar-refractivity contribution is 0.154. The van der Waals surface area contributed by atoms with Crippen molar-refractivity contribution in [3.63, 3.8) is 0 Å². The molecule has 100 valence electrons. The van der Waals surface area contributed by atoms with E-state index >= 15 is 0 Å². The van der Waals surface area contributed by atoms with Gasteiger partial charge >= 0.3 is 0 Å². The number of aliphatic hydroxyl groups excluding tert-OH is 1. The van der Waals surface area contributed by atoms with E-state index in [0.29, 0.717) is 28.7 Å². The summed E-state index contributed by atoms with van der Waals surface area (Å²) in [5.74, 6) is 1.79. The van der Waals surface area contributed by atoms with Gasteiger partial charge in [-0.05, 0) is 36.8 Å². The Labute approximate surface area is 117 Å². The molecule has 2 rings (SSSR count). The SMILES string of the molecule is C=CC[C@@H](O)c1ccc(-c2ccc(OC)c(Cl)c2)o1. The van der Waals surface area contributed by atoms with Gasteiger partial charge < -0.3 is 14.3 Å². The monoisotopic (exact) mass is 278 g/mol. The average Bonchev–Trinajstić information content (AvgIpc) is 2.88. The molecule has 0 unspecified atom stereocenters. The Bertz CT molecular complexity index is 575. The molecule has 0 spiro atoms. The van der Waals surface area contributed by atoms with Gasteiger partial charge in [0.1, 0.15) is 23.4 Å². The normalized spacial score (nSPS) is 12.2. The first-order valence-electron chi connectivity index (χ1n) is 5.88. The highest BCUT2D eigenvalue weighted by Crippen LogP contribution is 2.32. The summed E-state index contributed by atoms with van der Waals surface area (Å²) in [7, 11) is 1.57. The number of rotatable bonds is 5. The van der Waals surface area contributed by atoms with E-state index in [1.807, 2.05) is 6.07 Å². The zero-order valence-corrected chi connectivity index (χ0v) is 11.4.